The van der Waals surface area contributed by atoms with Crippen LogP contribution in [0.3, 0.4) is 0 Å². The van der Waals surface area contributed by atoms with E-state index < -0.39 is 10.0 Å². The fourth-order valence-electron chi connectivity index (χ4n) is 3.82. The van der Waals surface area contributed by atoms with Gasteiger partial charge < -0.3 is 0 Å². The monoisotopic (exact) mass is 273 g/mol. The first-order chi connectivity index (χ1) is 8.34. The molecule has 104 valence electrons. The third-order valence-electron chi connectivity index (χ3n) is 4.35. The summed E-state index contributed by atoms with van der Waals surface area (Å²) in [6, 6.07) is 0. The van der Waals surface area contributed by atoms with Gasteiger partial charge >= 0.3 is 0 Å². The summed E-state index contributed by atoms with van der Waals surface area (Å²) in [6.07, 6.45) is 2.93. The number of carbonyl (C=O) groups is 1. The van der Waals surface area contributed by atoms with E-state index in [0.29, 0.717) is 25.3 Å². The summed E-state index contributed by atoms with van der Waals surface area (Å²) in [5.41, 5.74) is 0. The van der Waals surface area contributed by atoms with Crippen molar-refractivity contribution >= 4 is 15.9 Å². The van der Waals surface area contributed by atoms with Crippen LogP contribution in [0.2, 0.25) is 0 Å². The van der Waals surface area contributed by atoms with E-state index in [4.69, 9.17) is 0 Å². The lowest BCUT2D eigenvalue weighted by Crippen LogP contribution is -2.47. The molecule has 1 amide bonds. The predicted molar refractivity (Wildman–Crippen MR) is 70.4 cm³/mol. The molecule has 1 aliphatic carbocycles. The second-order valence-electron chi connectivity index (χ2n) is 6.11. The Balaban J connectivity index is 2.26. The summed E-state index contributed by atoms with van der Waals surface area (Å²) in [4.78, 5) is 11.7. The molecule has 2 aliphatic rings. The highest BCUT2D eigenvalue weighted by atomic mass is 32.2. The van der Waals surface area contributed by atoms with Crippen LogP contribution in [-0.2, 0) is 14.8 Å². The Morgan fingerprint density at radius 1 is 1.11 bits per heavy atom. The van der Waals surface area contributed by atoms with E-state index >= 15 is 0 Å². The lowest BCUT2D eigenvalue weighted by molar-refractivity contribution is -0.123. The van der Waals surface area contributed by atoms with Crippen LogP contribution in [0.1, 0.15) is 46.5 Å². The minimum Gasteiger partial charge on any atom is -0.274 e. The first kappa shape index (κ1) is 13.8. The van der Waals surface area contributed by atoms with Crippen molar-refractivity contribution in [1.29, 1.82) is 0 Å². The lowest BCUT2D eigenvalue weighted by Gasteiger charge is -2.39. The first-order valence-electron chi connectivity index (χ1n) is 6.88. The molecule has 0 radical (unpaired) electrons. The Morgan fingerprint density at radius 3 is 2.11 bits per heavy atom. The van der Waals surface area contributed by atoms with E-state index in [1.165, 1.54) is 0 Å². The van der Waals surface area contributed by atoms with E-state index in [2.05, 4.69) is 6.92 Å². The number of amides is 1. The van der Waals surface area contributed by atoms with Gasteiger partial charge in [-0.3, -0.25) is 4.79 Å². The highest BCUT2D eigenvalue weighted by Gasteiger charge is 2.45. The molecular formula is C13H23NO3S. The van der Waals surface area contributed by atoms with Gasteiger partial charge in [-0.15, -0.1) is 0 Å². The number of sulfonamides is 1. The molecule has 1 heterocycles. The average Bonchev–Trinajstić information content (AvgIpc) is 2.62. The highest BCUT2D eigenvalue weighted by molar-refractivity contribution is 7.90. The van der Waals surface area contributed by atoms with E-state index in [-0.39, 0.29) is 23.0 Å². The zero-order valence-corrected chi connectivity index (χ0v) is 12.2. The minimum absolute atomic E-state index is 0.141. The fourth-order valence-corrected chi connectivity index (χ4v) is 6.27. The van der Waals surface area contributed by atoms with Gasteiger partial charge in [-0.2, -0.15) is 0 Å². The molecule has 0 aromatic rings. The standard InChI is InChI=1S/C13H23NO3S/c1-9-7-10(2)13(11(3)8-9)18(16,17)14-6-4-5-12(14)15/h9-11,13H,4-8H2,1-3H3. The molecule has 0 bridgehead atoms. The molecule has 5 heteroatoms. The summed E-state index contributed by atoms with van der Waals surface area (Å²) in [7, 11) is -3.45. The predicted octanol–water partition coefficient (Wildman–Crippen LogP) is 2.01. The summed E-state index contributed by atoms with van der Waals surface area (Å²) in [6.45, 7) is 6.58. The molecule has 0 N–H and O–H groups in total. The van der Waals surface area contributed by atoms with E-state index in [9.17, 15) is 13.2 Å². The van der Waals surface area contributed by atoms with Crippen LogP contribution in [0.25, 0.3) is 0 Å². The summed E-state index contributed by atoms with van der Waals surface area (Å²) >= 11 is 0. The van der Waals surface area contributed by atoms with E-state index in [0.717, 1.165) is 17.1 Å². The van der Waals surface area contributed by atoms with Gasteiger partial charge in [0.25, 0.3) is 0 Å². The van der Waals surface area contributed by atoms with Crippen molar-refractivity contribution in [3.8, 4) is 0 Å². The smallest absolute Gasteiger partial charge is 0.240 e. The summed E-state index contributed by atoms with van der Waals surface area (Å²) in [5.74, 6) is 0.646. The minimum atomic E-state index is -3.45. The van der Waals surface area contributed by atoms with Crippen LogP contribution in [0, 0.1) is 17.8 Å². The topological polar surface area (TPSA) is 54.5 Å². The SMILES string of the molecule is CC1CC(C)C(S(=O)(=O)N2CCCC2=O)C(C)C1. The van der Waals surface area contributed by atoms with Crippen LogP contribution < -0.4 is 0 Å². The molecular weight excluding hydrogens is 250 g/mol. The maximum absolute atomic E-state index is 12.6. The molecule has 0 aromatic carbocycles. The molecule has 2 fully saturated rings. The second-order valence-corrected chi connectivity index (χ2v) is 8.13. The van der Waals surface area contributed by atoms with Crippen molar-refractivity contribution in [1.82, 2.24) is 4.31 Å². The average molecular weight is 273 g/mol. The molecule has 2 atom stereocenters. The van der Waals surface area contributed by atoms with Crippen LogP contribution >= 0.6 is 0 Å². The third kappa shape index (κ3) is 2.29. The molecule has 1 saturated carbocycles. The molecule has 2 rings (SSSR count). The van der Waals surface area contributed by atoms with Crippen LogP contribution in [0.4, 0.5) is 0 Å². The number of hydrogen-bond acceptors (Lipinski definition) is 3. The third-order valence-corrected chi connectivity index (χ3v) is 6.97. The van der Waals surface area contributed by atoms with Gasteiger partial charge in [0, 0.05) is 13.0 Å². The van der Waals surface area contributed by atoms with Gasteiger partial charge in [0.2, 0.25) is 15.9 Å². The largest absolute Gasteiger partial charge is 0.274 e. The van der Waals surface area contributed by atoms with E-state index in [1.807, 2.05) is 13.8 Å². The maximum atomic E-state index is 12.6. The molecule has 2 unspecified atom stereocenters. The summed E-state index contributed by atoms with van der Waals surface area (Å²) in [5, 5.41) is -0.379. The van der Waals surface area contributed by atoms with Crippen LogP contribution in [0.15, 0.2) is 0 Å². The second kappa shape index (κ2) is 4.83. The number of hydrogen-bond donors (Lipinski definition) is 0. The van der Waals surface area contributed by atoms with E-state index in [1.54, 1.807) is 0 Å². The lowest BCUT2D eigenvalue weighted by atomic mass is 9.77. The van der Waals surface area contributed by atoms with Gasteiger partial charge in [0.15, 0.2) is 0 Å². The Morgan fingerprint density at radius 2 is 1.67 bits per heavy atom. The Labute approximate surface area is 110 Å². The molecule has 4 nitrogen and oxygen atoms in total. The molecule has 1 aliphatic heterocycles. The first-order valence-corrected chi connectivity index (χ1v) is 8.38. The van der Waals surface area contributed by atoms with Gasteiger partial charge in [-0.05, 0) is 37.0 Å². The van der Waals surface area contributed by atoms with Crippen LogP contribution in [-0.4, -0.2) is 30.4 Å². The van der Waals surface area contributed by atoms with Crippen molar-refractivity contribution in [3.63, 3.8) is 0 Å². The van der Waals surface area contributed by atoms with Gasteiger partial charge in [-0.25, -0.2) is 12.7 Å². The number of rotatable bonds is 2. The van der Waals surface area contributed by atoms with Crippen molar-refractivity contribution in [2.45, 2.75) is 51.7 Å². The number of carbonyl (C=O) groups excluding carboxylic acids is 1. The highest BCUT2D eigenvalue weighted by Crippen LogP contribution is 2.38. The molecule has 0 aromatic heterocycles. The maximum Gasteiger partial charge on any atom is 0.240 e. The Kier molecular flexibility index (Phi) is 3.72. The quantitative estimate of drug-likeness (QED) is 0.773. The Hall–Kier alpha value is -0.580. The van der Waals surface area contributed by atoms with Crippen molar-refractivity contribution in [2.75, 3.05) is 6.54 Å². The van der Waals surface area contributed by atoms with Gasteiger partial charge in [-0.1, -0.05) is 20.8 Å². The zero-order valence-electron chi connectivity index (χ0n) is 11.4. The van der Waals surface area contributed by atoms with Crippen molar-refractivity contribution in [3.05, 3.63) is 0 Å². The molecule has 18 heavy (non-hydrogen) atoms. The molecule has 0 spiro atoms. The molecule has 1 saturated heterocycles. The number of nitrogens with zero attached hydrogens (tertiary/aromatic N) is 1. The normalized spacial score (nSPS) is 38.2. The Bertz CT molecular complexity index is 420. The fraction of sp³-hybridized carbons (Fsp3) is 0.923. The van der Waals surface area contributed by atoms with Crippen LogP contribution in [0.5, 0.6) is 0 Å². The zero-order chi connectivity index (χ0) is 13.5. The van der Waals surface area contributed by atoms with Crippen molar-refractivity contribution < 1.29 is 13.2 Å². The van der Waals surface area contributed by atoms with Crippen molar-refractivity contribution in [2.24, 2.45) is 17.8 Å². The summed E-state index contributed by atoms with van der Waals surface area (Å²) < 4.78 is 26.4. The van der Waals surface area contributed by atoms with Gasteiger partial charge in [0.05, 0.1) is 5.25 Å². The van der Waals surface area contributed by atoms with Gasteiger partial charge in [0.1, 0.15) is 0 Å².